The zero-order chi connectivity index (χ0) is 15.6. The van der Waals surface area contributed by atoms with Gasteiger partial charge in [-0.15, -0.1) is 0 Å². The Balaban J connectivity index is 2.42. The Hall–Kier alpha value is -2.89. The average molecular weight is 287 g/mol. The minimum Gasteiger partial charge on any atom is -0.478 e. The molecule has 0 fully saturated rings. The van der Waals surface area contributed by atoms with Crippen molar-refractivity contribution in [1.82, 2.24) is 0 Å². The van der Waals surface area contributed by atoms with E-state index in [2.05, 4.69) is 0 Å². The Bertz CT molecular complexity index is 701. The zero-order valence-corrected chi connectivity index (χ0v) is 11.5. The number of nitro benzene ring substituents is 1. The normalized spacial score (nSPS) is 10.2. The number of para-hydroxylation sites is 1. The van der Waals surface area contributed by atoms with E-state index < -0.39 is 10.9 Å². The lowest BCUT2D eigenvalue weighted by Gasteiger charge is -2.10. The van der Waals surface area contributed by atoms with Gasteiger partial charge in [0.1, 0.15) is 17.1 Å². The summed E-state index contributed by atoms with van der Waals surface area (Å²) in [5, 5.41) is 20.0. The number of nitrogens with zero attached hydrogens (tertiary/aromatic N) is 1. The number of aromatic carboxylic acids is 1. The molecule has 6 heteroatoms. The number of rotatable bonds is 4. The highest BCUT2D eigenvalue weighted by atomic mass is 16.6. The van der Waals surface area contributed by atoms with Crippen molar-refractivity contribution in [3.05, 3.63) is 63.2 Å². The summed E-state index contributed by atoms with van der Waals surface area (Å²) >= 11 is 0. The maximum absolute atomic E-state index is 11.1. The van der Waals surface area contributed by atoms with Gasteiger partial charge in [0.2, 0.25) is 0 Å². The molecule has 21 heavy (non-hydrogen) atoms. The lowest BCUT2D eigenvalue weighted by molar-refractivity contribution is -0.386. The SMILES string of the molecule is Cc1cc(Oc2ccccc2C(=O)O)cc(C)c1[N+](=O)[O-]. The summed E-state index contributed by atoms with van der Waals surface area (Å²) in [5.41, 5.74) is 0.991. The molecule has 2 aromatic carbocycles. The monoisotopic (exact) mass is 287 g/mol. The van der Waals surface area contributed by atoms with Crippen LogP contribution in [0.25, 0.3) is 0 Å². The van der Waals surface area contributed by atoms with Gasteiger partial charge in [0, 0.05) is 11.1 Å². The molecule has 0 aliphatic rings. The van der Waals surface area contributed by atoms with Gasteiger partial charge in [0.05, 0.1) is 4.92 Å². The van der Waals surface area contributed by atoms with E-state index >= 15 is 0 Å². The summed E-state index contributed by atoms with van der Waals surface area (Å²) in [6.45, 7) is 3.22. The standard InChI is InChI=1S/C15H13NO5/c1-9-7-11(8-10(2)14(9)16(19)20)21-13-6-4-3-5-12(13)15(17)18/h3-8H,1-2H3,(H,17,18). The molecule has 0 bridgehead atoms. The molecule has 0 heterocycles. The maximum atomic E-state index is 11.1. The maximum Gasteiger partial charge on any atom is 0.339 e. The van der Waals surface area contributed by atoms with E-state index in [1.54, 1.807) is 26.0 Å². The Labute approximate surface area is 120 Å². The van der Waals surface area contributed by atoms with Crippen LogP contribution in [0, 0.1) is 24.0 Å². The molecule has 0 saturated carbocycles. The predicted molar refractivity (Wildman–Crippen MR) is 76.0 cm³/mol. The second-order valence-electron chi connectivity index (χ2n) is 4.57. The van der Waals surface area contributed by atoms with Crippen LogP contribution in [0.4, 0.5) is 5.69 Å². The van der Waals surface area contributed by atoms with Gasteiger partial charge < -0.3 is 9.84 Å². The fourth-order valence-electron chi connectivity index (χ4n) is 2.12. The first-order valence-corrected chi connectivity index (χ1v) is 6.16. The summed E-state index contributed by atoms with van der Waals surface area (Å²) in [6.07, 6.45) is 0. The van der Waals surface area contributed by atoms with E-state index in [4.69, 9.17) is 9.84 Å². The summed E-state index contributed by atoms with van der Waals surface area (Å²) in [6, 6.07) is 9.27. The van der Waals surface area contributed by atoms with Crippen LogP contribution in [0.2, 0.25) is 0 Å². The van der Waals surface area contributed by atoms with E-state index in [1.807, 2.05) is 0 Å². The molecular weight excluding hydrogens is 274 g/mol. The summed E-state index contributed by atoms with van der Waals surface area (Å²) in [7, 11) is 0. The molecule has 0 spiro atoms. The van der Waals surface area contributed by atoms with Crippen molar-refractivity contribution < 1.29 is 19.6 Å². The van der Waals surface area contributed by atoms with Crippen molar-refractivity contribution in [3.8, 4) is 11.5 Å². The minimum atomic E-state index is -1.10. The molecule has 0 aromatic heterocycles. The Kier molecular flexibility index (Phi) is 3.89. The Morgan fingerprint density at radius 2 is 1.76 bits per heavy atom. The molecule has 0 aliphatic heterocycles. The average Bonchev–Trinajstić information content (AvgIpc) is 2.37. The van der Waals surface area contributed by atoms with Crippen molar-refractivity contribution in [2.75, 3.05) is 0 Å². The fraction of sp³-hybridized carbons (Fsp3) is 0.133. The van der Waals surface area contributed by atoms with Crippen molar-refractivity contribution in [2.24, 2.45) is 0 Å². The molecule has 2 aromatic rings. The molecule has 0 unspecified atom stereocenters. The van der Waals surface area contributed by atoms with E-state index in [9.17, 15) is 14.9 Å². The molecule has 0 atom stereocenters. The number of carboxylic acid groups (broad SMARTS) is 1. The first-order chi connectivity index (χ1) is 9.90. The highest BCUT2D eigenvalue weighted by Crippen LogP contribution is 2.32. The highest BCUT2D eigenvalue weighted by Gasteiger charge is 2.17. The molecule has 2 rings (SSSR count). The smallest absolute Gasteiger partial charge is 0.339 e. The quantitative estimate of drug-likeness (QED) is 0.684. The lowest BCUT2D eigenvalue weighted by atomic mass is 10.1. The number of hydrogen-bond acceptors (Lipinski definition) is 4. The van der Waals surface area contributed by atoms with Crippen LogP contribution in [-0.2, 0) is 0 Å². The topological polar surface area (TPSA) is 89.7 Å². The number of hydrogen-bond donors (Lipinski definition) is 1. The molecule has 108 valence electrons. The predicted octanol–water partition coefficient (Wildman–Crippen LogP) is 3.70. The van der Waals surface area contributed by atoms with Gasteiger partial charge in [-0.3, -0.25) is 10.1 Å². The van der Waals surface area contributed by atoms with Crippen molar-refractivity contribution >= 4 is 11.7 Å². The number of aryl methyl sites for hydroxylation is 2. The third-order valence-corrected chi connectivity index (χ3v) is 2.99. The Morgan fingerprint density at radius 1 is 1.19 bits per heavy atom. The fourth-order valence-corrected chi connectivity index (χ4v) is 2.12. The van der Waals surface area contributed by atoms with Crippen LogP contribution in [-0.4, -0.2) is 16.0 Å². The third kappa shape index (κ3) is 3.00. The van der Waals surface area contributed by atoms with Crippen molar-refractivity contribution in [3.63, 3.8) is 0 Å². The van der Waals surface area contributed by atoms with Gasteiger partial charge in [-0.2, -0.15) is 0 Å². The number of benzene rings is 2. The van der Waals surface area contributed by atoms with Crippen LogP contribution in [0.3, 0.4) is 0 Å². The first kappa shape index (κ1) is 14.5. The number of carboxylic acids is 1. The second-order valence-corrected chi connectivity index (χ2v) is 4.57. The molecule has 0 amide bonds. The zero-order valence-electron chi connectivity index (χ0n) is 11.5. The van der Waals surface area contributed by atoms with Crippen molar-refractivity contribution in [2.45, 2.75) is 13.8 Å². The second kappa shape index (κ2) is 5.62. The molecule has 0 aliphatic carbocycles. The van der Waals surface area contributed by atoms with Gasteiger partial charge >= 0.3 is 5.97 Å². The van der Waals surface area contributed by atoms with Gasteiger partial charge in [-0.25, -0.2) is 4.79 Å². The van der Waals surface area contributed by atoms with Crippen LogP contribution >= 0.6 is 0 Å². The summed E-state index contributed by atoms with van der Waals surface area (Å²) in [4.78, 5) is 21.6. The van der Waals surface area contributed by atoms with Gasteiger partial charge in [0.25, 0.3) is 5.69 Å². The Morgan fingerprint density at radius 3 is 2.29 bits per heavy atom. The largest absolute Gasteiger partial charge is 0.478 e. The van der Waals surface area contributed by atoms with Gasteiger partial charge in [-0.05, 0) is 38.1 Å². The number of nitro groups is 1. The van der Waals surface area contributed by atoms with E-state index in [0.717, 1.165) is 0 Å². The molecule has 0 saturated heterocycles. The van der Waals surface area contributed by atoms with Crippen LogP contribution < -0.4 is 4.74 Å². The lowest BCUT2D eigenvalue weighted by Crippen LogP contribution is -2.00. The minimum absolute atomic E-state index is 0.0335. The number of carbonyl (C=O) groups is 1. The van der Waals surface area contributed by atoms with E-state index in [1.165, 1.54) is 24.3 Å². The van der Waals surface area contributed by atoms with Crippen LogP contribution in [0.5, 0.6) is 11.5 Å². The summed E-state index contributed by atoms with van der Waals surface area (Å²) in [5.74, 6) is -0.539. The first-order valence-electron chi connectivity index (χ1n) is 6.16. The summed E-state index contributed by atoms with van der Waals surface area (Å²) < 4.78 is 5.56. The highest BCUT2D eigenvalue weighted by molar-refractivity contribution is 5.90. The molecular formula is C15H13NO5. The van der Waals surface area contributed by atoms with Gasteiger partial charge in [0.15, 0.2) is 0 Å². The van der Waals surface area contributed by atoms with Crippen LogP contribution in [0.1, 0.15) is 21.5 Å². The van der Waals surface area contributed by atoms with Gasteiger partial charge in [-0.1, -0.05) is 12.1 Å². The van der Waals surface area contributed by atoms with E-state index in [-0.39, 0.29) is 17.0 Å². The van der Waals surface area contributed by atoms with E-state index in [0.29, 0.717) is 16.9 Å². The third-order valence-electron chi connectivity index (χ3n) is 2.99. The van der Waals surface area contributed by atoms with Crippen molar-refractivity contribution in [1.29, 1.82) is 0 Å². The molecule has 0 radical (unpaired) electrons. The molecule has 6 nitrogen and oxygen atoms in total. The van der Waals surface area contributed by atoms with Crippen LogP contribution in [0.15, 0.2) is 36.4 Å². The molecule has 1 N–H and O–H groups in total. The number of ether oxygens (including phenoxy) is 1.